The fourth-order valence-electron chi connectivity index (χ4n) is 2.10. The van der Waals surface area contributed by atoms with E-state index >= 15 is 0 Å². The minimum atomic E-state index is -0.135. The van der Waals surface area contributed by atoms with Gasteiger partial charge in [0.25, 0.3) is 0 Å². The largest absolute Gasteiger partial charge is 0.360 e. The molecule has 0 saturated heterocycles. The lowest BCUT2D eigenvalue weighted by Crippen LogP contribution is -2.39. The summed E-state index contributed by atoms with van der Waals surface area (Å²) in [7, 11) is 0. The van der Waals surface area contributed by atoms with E-state index in [-0.39, 0.29) is 18.0 Å². The summed E-state index contributed by atoms with van der Waals surface area (Å²) in [6.45, 7) is 0. The number of nitrogens with one attached hydrogen (secondary N) is 1. The molecule has 2 aliphatic rings. The molecule has 0 radical (unpaired) electrons. The Morgan fingerprint density at radius 1 is 1.12 bits per heavy atom. The molecule has 3 nitrogen and oxygen atoms in total. The summed E-state index contributed by atoms with van der Waals surface area (Å²) < 4.78 is 0. The number of rotatable bonds is 0. The van der Waals surface area contributed by atoms with Crippen LogP contribution >= 0.6 is 0 Å². The molecule has 16 heavy (non-hydrogen) atoms. The highest BCUT2D eigenvalue weighted by Gasteiger charge is 2.25. The normalized spacial score (nSPS) is 18.0. The zero-order valence-corrected chi connectivity index (χ0v) is 8.49. The number of allylic oxidation sites excluding steroid dienone is 2. The van der Waals surface area contributed by atoms with Crippen LogP contribution in [0.1, 0.15) is 6.42 Å². The Labute approximate surface area is 91.8 Å². The van der Waals surface area contributed by atoms with Crippen molar-refractivity contribution in [2.24, 2.45) is 0 Å². The number of benzene rings is 1. The number of carbonyl (C=O) groups excluding carboxylic acids is 2. The predicted octanol–water partition coefficient (Wildman–Crippen LogP) is -0.396. The van der Waals surface area contributed by atoms with Gasteiger partial charge in [0.2, 0.25) is 0 Å². The average molecular weight is 211 g/mol. The molecule has 1 heterocycles. The van der Waals surface area contributed by atoms with Crippen LogP contribution in [0.15, 0.2) is 36.0 Å². The van der Waals surface area contributed by atoms with Crippen LogP contribution in [0.25, 0.3) is 11.8 Å². The Bertz CT molecular complexity index is 653. The van der Waals surface area contributed by atoms with E-state index in [4.69, 9.17) is 0 Å². The fraction of sp³-hybridized carbons (Fsp3) is 0.0769. The van der Waals surface area contributed by atoms with Crippen LogP contribution in [-0.2, 0) is 9.59 Å². The van der Waals surface area contributed by atoms with Gasteiger partial charge < -0.3 is 5.32 Å². The second-order valence-electron chi connectivity index (χ2n) is 3.88. The predicted molar refractivity (Wildman–Crippen MR) is 59.4 cm³/mol. The van der Waals surface area contributed by atoms with Crippen molar-refractivity contribution >= 4 is 23.3 Å². The van der Waals surface area contributed by atoms with Gasteiger partial charge in [-0.3, -0.25) is 9.59 Å². The van der Waals surface area contributed by atoms with Crippen molar-refractivity contribution in [2.75, 3.05) is 0 Å². The first kappa shape index (κ1) is 9.09. The topological polar surface area (TPSA) is 46.2 Å². The molecule has 0 amide bonds. The Morgan fingerprint density at radius 3 is 2.81 bits per heavy atom. The third-order valence-electron chi connectivity index (χ3n) is 2.80. The lowest BCUT2D eigenvalue weighted by molar-refractivity contribution is -0.122. The minimum absolute atomic E-state index is 0.0190. The number of hydrogen-bond donors (Lipinski definition) is 1. The van der Waals surface area contributed by atoms with Gasteiger partial charge in [0.15, 0.2) is 11.6 Å². The monoisotopic (exact) mass is 211 g/mol. The van der Waals surface area contributed by atoms with E-state index in [1.807, 2.05) is 30.5 Å². The first-order chi connectivity index (χ1) is 7.75. The van der Waals surface area contributed by atoms with E-state index in [1.165, 1.54) is 6.08 Å². The van der Waals surface area contributed by atoms with Crippen LogP contribution in [0.4, 0.5) is 0 Å². The molecule has 0 atom stereocenters. The highest BCUT2D eigenvalue weighted by atomic mass is 16.1. The van der Waals surface area contributed by atoms with Gasteiger partial charge in [-0.1, -0.05) is 24.3 Å². The average Bonchev–Trinajstić information content (AvgIpc) is 2.28. The van der Waals surface area contributed by atoms with E-state index in [1.54, 1.807) is 0 Å². The third-order valence-corrected chi connectivity index (χ3v) is 2.80. The lowest BCUT2D eigenvalue weighted by atomic mass is 9.92. The molecule has 0 bridgehead atoms. The molecule has 1 aliphatic carbocycles. The molecular formula is C13H9NO2. The van der Waals surface area contributed by atoms with Crippen LogP contribution in [-0.4, -0.2) is 11.6 Å². The van der Waals surface area contributed by atoms with E-state index < -0.39 is 0 Å². The Morgan fingerprint density at radius 2 is 1.94 bits per heavy atom. The van der Waals surface area contributed by atoms with Crippen LogP contribution in [0.2, 0.25) is 0 Å². The molecule has 0 fully saturated rings. The van der Waals surface area contributed by atoms with Crippen molar-refractivity contribution in [2.45, 2.75) is 6.42 Å². The number of ketones is 2. The summed E-state index contributed by atoms with van der Waals surface area (Å²) in [4.78, 5) is 23.1. The van der Waals surface area contributed by atoms with E-state index in [9.17, 15) is 9.59 Å². The van der Waals surface area contributed by atoms with E-state index in [0.29, 0.717) is 11.3 Å². The number of carbonyl (C=O) groups is 2. The van der Waals surface area contributed by atoms with Crippen LogP contribution in [0, 0.1) is 0 Å². The summed E-state index contributed by atoms with van der Waals surface area (Å²) >= 11 is 0. The molecule has 1 aliphatic heterocycles. The zero-order valence-electron chi connectivity index (χ0n) is 8.49. The molecule has 0 saturated carbocycles. The highest BCUT2D eigenvalue weighted by molar-refractivity contribution is 6.30. The fourth-order valence-corrected chi connectivity index (χ4v) is 2.10. The number of hydrogen-bond acceptors (Lipinski definition) is 3. The van der Waals surface area contributed by atoms with Gasteiger partial charge in [0.05, 0.1) is 12.1 Å². The second kappa shape index (κ2) is 3.17. The molecule has 3 rings (SSSR count). The standard InChI is InChI=1S/C13H9NO2/c15-9-5-11-13(12(16)6-9)10-4-2-1-3-8(10)7-14-11/h1-5,7,14H,6H2. The summed E-state index contributed by atoms with van der Waals surface area (Å²) in [6.07, 6.45) is 3.30. The Balaban J connectivity index is 2.44. The number of Topliss-reactive ketones (excluding diaryl/α,β-unsaturated/α-hetero) is 1. The maximum Gasteiger partial charge on any atom is 0.173 e. The van der Waals surface area contributed by atoms with Crippen molar-refractivity contribution in [3.63, 3.8) is 0 Å². The molecule has 1 N–H and O–H groups in total. The van der Waals surface area contributed by atoms with Gasteiger partial charge >= 0.3 is 0 Å². The second-order valence-corrected chi connectivity index (χ2v) is 3.88. The quantitative estimate of drug-likeness (QED) is 0.594. The summed E-state index contributed by atoms with van der Waals surface area (Å²) in [5.74, 6) is -0.236. The molecule has 1 aromatic carbocycles. The molecular weight excluding hydrogens is 202 g/mol. The van der Waals surface area contributed by atoms with Gasteiger partial charge in [-0.2, -0.15) is 0 Å². The summed E-state index contributed by atoms with van der Waals surface area (Å²) in [5.41, 5.74) is 1.26. The summed E-state index contributed by atoms with van der Waals surface area (Å²) in [5, 5.41) is 4.89. The highest BCUT2D eigenvalue weighted by Crippen LogP contribution is 2.17. The minimum Gasteiger partial charge on any atom is -0.360 e. The van der Waals surface area contributed by atoms with Gasteiger partial charge in [0, 0.05) is 17.8 Å². The number of fused-ring (bicyclic) bond motifs is 2. The molecule has 1 aromatic rings. The van der Waals surface area contributed by atoms with Crippen molar-refractivity contribution in [1.82, 2.24) is 5.32 Å². The molecule has 0 aromatic heterocycles. The van der Waals surface area contributed by atoms with Crippen molar-refractivity contribution in [1.29, 1.82) is 0 Å². The SMILES string of the molecule is O=C1C=C2NC=c3ccccc3=C2C(=O)C1. The van der Waals surface area contributed by atoms with Gasteiger partial charge in [-0.25, -0.2) is 0 Å². The first-order valence-electron chi connectivity index (χ1n) is 5.10. The van der Waals surface area contributed by atoms with E-state index in [2.05, 4.69) is 5.32 Å². The van der Waals surface area contributed by atoms with Crippen molar-refractivity contribution in [3.05, 3.63) is 46.5 Å². The third kappa shape index (κ3) is 1.21. The van der Waals surface area contributed by atoms with Crippen LogP contribution in [0.5, 0.6) is 0 Å². The Kier molecular flexibility index (Phi) is 1.80. The molecule has 0 unspecified atom stereocenters. The van der Waals surface area contributed by atoms with Crippen LogP contribution < -0.4 is 15.8 Å². The zero-order chi connectivity index (χ0) is 11.1. The first-order valence-corrected chi connectivity index (χ1v) is 5.10. The Hall–Kier alpha value is -2.16. The van der Waals surface area contributed by atoms with Crippen molar-refractivity contribution in [3.8, 4) is 0 Å². The smallest absolute Gasteiger partial charge is 0.173 e. The maximum absolute atomic E-state index is 11.8. The van der Waals surface area contributed by atoms with Crippen LogP contribution in [0.3, 0.4) is 0 Å². The van der Waals surface area contributed by atoms with E-state index in [0.717, 1.165) is 10.4 Å². The maximum atomic E-state index is 11.8. The molecule has 3 heteroatoms. The van der Waals surface area contributed by atoms with Crippen molar-refractivity contribution < 1.29 is 9.59 Å². The molecule has 78 valence electrons. The summed E-state index contributed by atoms with van der Waals surface area (Å²) in [6, 6.07) is 7.66. The van der Waals surface area contributed by atoms with Gasteiger partial charge in [-0.05, 0) is 10.4 Å². The lowest BCUT2D eigenvalue weighted by Gasteiger charge is -2.18. The van der Waals surface area contributed by atoms with Gasteiger partial charge in [0.1, 0.15) is 0 Å². The van der Waals surface area contributed by atoms with Gasteiger partial charge in [-0.15, -0.1) is 0 Å². The molecule has 0 spiro atoms.